The van der Waals surface area contributed by atoms with Gasteiger partial charge in [0.15, 0.2) is 0 Å². The van der Waals surface area contributed by atoms with Gasteiger partial charge in [-0.15, -0.1) is 0 Å². The molecule has 0 radical (unpaired) electrons. The number of carbonyl (C=O) groups is 1. The minimum absolute atomic E-state index is 0.0970. The molecule has 5 heteroatoms. The van der Waals surface area contributed by atoms with Crippen LogP contribution >= 0.6 is 0 Å². The number of pyridine rings is 1. The van der Waals surface area contributed by atoms with Gasteiger partial charge in [0.1, 0.15) is 5.82 Å². The number of aromatic amines is 1. The van der Waals surface area contributed by atoms with Crippen molar-refractivity contribution in [3.05, 3.63) is 69.0 Å². The summed E-state index contributed by atoms with van der Waals surface area (Å²) in [6.45, 7) is 4.10. The van der Waals surface area contributed by atoms with Crippen molar-refractivity contribution >= 4 is 17.4 Å². The summed E-state index contributed by atoms with van der Waals surface area (Å²) < 4.78 is 5.19. The maximum Gasteiger partial charge on any atom is 0.310 e. The number of fused-ring (bicyclic) bond motifs is 3. The molecule has 1 aromatic heterocycles. The molecule has 1 aliphatic heterocycles. The second kappa shape index (κ2) is 8.61. The zero-order chi connectivity index (χ0) is 22.1. The molecule has 1 N–H and O–H groups in total. The zero-order valence-corrected chi connectivity index (χ0v) is 18.9. The van der Waals surface area contributed by atoms with Crippen molar-refractivity contribution in [1.29, 1.82) is 0 Å². The van der Waals surface area contributed by atoms with Crippen LogP contribution in [0.15, 0.2) is 41.2 Å². The summed E-state index contributed by atoms with van der Waals surface area (Å²) in [5, 5.41) is 0. The second-order valence-electron chi connectivity index (χ2n) is 9.42. The SMILES string of the molecule is CCOC(=O)CC1=CCC2(CCN(c3cc4c(c(=O)[nH]3)CCCC4)CC2)c2ccccc21. The van der Waals surface area contributed by atoms with Crippen LogP contribution in [0.2, 0.25) is 0 Å². The molecule has 2 aliphatic carbocycles. The smallest absolute Gasteiger partial charge is 0.310 e. The molecule has 32 heavy (non-hydrogen) atoms. The number of esters is 1. The van der Waals surface area contributed by atoms with Gasteiger partial charge in [-0.25, -0.2) is 0 Å². The Balaban J connectivity index is 1.36. The van der Waals surface area contributed by atoms with Gasteiger partial charge in [0.2, 0.25) is 0 Å². The first-order valence-electron chi connectivity index (χ1n) is 12.0. The maximum atomic E-state index is 12.6. The predicted molar refractivity (Wildman–Crippen MR) is 127 cm³/mol. The highest BCUT2D eigenvalue weighted by atomic mass is 16.5. The fraction of sp³-hybridized carbons (Fsp3) is 0.481. The van der Waals surface area contributed by atoms with Crippen molar-refractivity contribution < 1.29 is 9.53 Å². The summed E-state index contributed by atoms with van der Waals surface area (Å²) in [7, 11) is 0. The lowest BCUT2D eigenvalue weighted by Crippen LogP contribution is -2.44. The summed E-state index contributed by atoms with van der Waals surface area (Å²) in [5.41, 5.74) is 6.08. The van der Waals surface area contributed by atoms with Gasteiger partial charge in [-0.3, -0.25) is 9.59 Å². The number of ether oxygens (including phenoxy) is 1. The number of carbonyl (C=O) groups excluding carboxylic acids is 1. The van der Waals surface area contributed by atoms with Gasteiger partial charge >= 0.3 is 5.97 Å². The minimum atomic E-state index is -0.157. The highest BCUT2D eigenvalue weighted by Gasteiger charge is 2.40. The Morgan fingerprint density at radius 3 is 2.75 bits per heavy atom. The number of aromatic nitrogens is 1. The van der Waals surface area contributed by atoms with Crippen LogP contribution in [0.5, 0.6) is 0 Å². The Bertz CT molecular complexity index is 1110. The Hall–Kier alpha value is -2.82. The number of anilines is 1. The van der Waals surface area contributed by atoms with Crippen LogP contribution in [0.1, 0.15) is 67.7 Å². The Morgan fingerprint density at radius 2 is 1.94 bits per heavy atom. The summed E-state index contributed by atoms with van der Waals surface area (Å²) >= 11 is 0. The molecule has 1 saturated heterocycles. The van der Waals surface area contributed by atoms with Gasteiger partial charge < -0.3 is 14.6 Å². The summed E-state index contributed by atoms with van der Waals surface area (Å²) in [4.78, 5) is 30.3. The van der Waals surface area contributed by atoms with E-state index in [9.17, 15) is 9.59 Å². The highest BCUT2D eigenvalue weighted by Crippen LogP contribution is 2.47. The number of nitrogens with zero attached hydrogens (tertiary/aromatic N) is 1. The fourth-order valence-corrected chi connectivity index (χ4v) is 5.86. The van der Waals surface area contributed by atoms with Gasteiger partial charge in [-0.1, -0.05) is 30.3 Å². The molecule has 0 saturated carbocycles. The van der Waals surface area contributed by atoms with E-state index < -0.39 is 0 Å². The van der Waals surface area contributed by atoms with E-state index in [0.717, 1.165) is 68.6 Å². The largest absolute Gasteiger partial charge is 0.466 e. The number of allylic oxidation sites excluding steroid dienone is 1. The highest BCUT2D eigenvalue weighted by molar-refractivity contribution is 5.87. The van der Waals surface area contributed by atoms with Gasteiger partial charge in [0.05, 0.1) is 13.0 Å². The second-order valence-corrected chi connectivity index (χ2v) is 9.42. The first-order chi connectivity index (χ1) is 15.6. The van der Waals surface area contributed by atoms with Crippen LogP contribution in [0.4, 0.5) is 5.82 Å². The molecule has 1 spiro atoms. The number of aryl methyl sites for hydroxylation is 1. The molecule has 2 heterocycles. The Morgan fingerprint density at radius 1 is 1.16 bits per heavy atom. The average Bonchev–Trinajstić information content (AvgIpc) is 2.82. The lowest BCUT2D eigenvalue weighted by Gasteiger charge is -2.45. The van der Waals surface area contributed by atoms with E-state index in [4.69, 9.17) is 4.74 Å². The van der Waals surface area contributed by atoms with Crippen LogP contribution in [0, 0.1) is 0 Å². The average molecular weight is 433 g/mol. The van der Waals surface area contributed by atoms with Crippen LogP contribution in [0.25, 0.3) is 5.57 Å². The summed E-state index contributed by atoms with van der Waals surface area (Å²) in [6, 6.07) is 10.8. The number of hydrogen-bond acceptors (Lipinski definition) is 4. The number of benzene rings is 1. The lowest BCUT2D eigenvalue weighted by atomic mass is 9.65. The maximum absolute atomic E-state index is 12.6. The molecule has 168 valence electrons. The van der Waals surface area contributed by atoms with Gasteiger partial charge in [0.25, 0.3) is 5.56 Å². The van der Waals surface area contributed by atoms with Crippen LogP contribution in [-0.4, -0.2) is 30.6 Å². The zero-order valence-electron chi connectivity index (χ0n) is 18.9. The molecule has 5 nitrogen and oxygen atoms in total. The van der Waals surface area contributed by atoms with Crippen molar-refractivity contribution in [2.24, 2.45) is 0 Å². The molecule has 5 rings (SSSR count). The first-order valence-corrected chi connectivity index (χ1v) is 12.0. The molecule has 3 aliphatic rings. The number of H-pyrrole nitrogens is 1. The molecular weight excluding hydrogens is 400 g/mol. The number of rotatable bonds is 4. The van der Waals surface area contributed by atoms with E-state index in [1.54, 1.807) is 0 Å². The number of hydrogen-bond donors (Lipinski definition) is 1. The van der Waals surface area contributed by atoms with Crippen molar-refractivity contribution in [1.82, 2.24) is 4.98 Å². The van der Waals surface area contributed by atoms with Crippen molar-refractivity contribution in [3.63, 3.8) is 0 Å². The molecule has 0 amide bonds. The molecular formula is C27H32N2O3. The number of nitrogens with one attached hydrogen (secondary N) is 1. The van der Waals surface area contributed by atoms with Crippen LogP contribution in [0.3, 0.4) is 0 Å². The summed E-state index contributed by atoms with van der Waals surface area (Å²) in [6.07, 6.45) is 9.84. The minimum Gasteiger partial charge on any atom is -0.466 e. The third-order valence-corrected chi connectivity index (χ3v) is 7.62. The van der Waals surface area contributed by atoms with Gasteiger partial charge in [-0.05, 0) is 80.2 Å². The van der Waals surface area contributed by atoms with Crippen LogP contribution < -0.4 is 10.5 Å². The van der Waals surface area contributed by atoms with Crippen molar-refractivity contribution in [3.8, 4) is 0 Å². The summed E-state index contributed by atoms with van der Waals surface area (Å²) in [5.74, 6) is 0.823. The molecule has 0 atom stereocenters. The topological polar surface area (TPSA) is 62.4 Å². The van der Waals surface area contributed by atoms with Gasteiger partial charge in [-0.2, -0.15) is 0 Å². The number of piperidine rings is 1. The quantitative estimate of drug-likeness (QED) is 0.721. The van der Waals surface area contributed by atoms with E-state index in [1.807, 2.05) is 6.92 Å². The fourth-order valence-electron chi connectivity index (χ4n) is 5.86. The molecule has 0 unspecified atom stereocenters. The lowest BCUT2D eigenvalue weighted by molar-refractivity contribution is -0.141. The Kier molecular flexibility index (Phi) is 5.66. The standard InChI is InChI=1S/C27H32N2O3/c1-2-32-25(30)18-20-11-12-27(23-10-6-5-8-21(20)23)13-15-29(16-14-27)24-17-19-7-3-4-9-22(19)26(31)28-24/h5-6,8,10-11,17H,2-4,7,9,12-16,18H2,1H3,(H,28,31). The first kappa shape index (κ1) is 21.0. The molecule has 0 bridgehead atoms. The van der Waals surface area contributed by atoms with E-state index >= 15 is 0 Å². The monoisotopic (exact) mass is 432 g/mol. The van der Waals surface area contributed by atoms with Crippen molar-refractivity contribution in [2.75, 3.05) is 24.6 Å². The van der Waals surface area contributed by atoms with Crippen LogP contribution in [-0.2, 0) is 27.8 Å². The third-order valence-electron chi connectivity index (χ3n) is 7.62. The van der Waals surface area contributed by atoms with E-state index in [2.05, 4.69) is 46.3 Å². The molecule has 2 aromatic rings. The normalized spacial score (nSPS) is 19.2. The van der Waals surface area contributed by atoms with Gasteiger partial charge in [0, 0.05) is 24.1 Å². The molecule has 1 aromatic carbocycles. The Labute approximate surface area is 189 Å². The predicted octanol–water partition coefficient (Wildman–Crippen LogP) is 4.53. The van der Waals surface area contributed by atoms with Crippen molar-refractivity contribution in [2.45, 2.75) is 63.7 Å². The third kappa shape index (κ3) is 3.78. The van der Waals surface area contributed by atoms with E-state index in [1.165, 1.54) is 23.1 Å². The van der Waals surface area contributed by atoms with E-state index in [-0.39, 0.29) is 16.9 Å². The van der Waals surface area contributed by atoms with E-state index in [0.29, 0.717) is 13.0 Å². The molecule has 1 fully saturated rings.